The molecule has 1 heterocycles. The fraction of sp³-hybridized carbons (Fsp3) is 0.526. The topological polar surface area (TPSA) is 65.5 Å². The van der Waals surface area contributed by atoms with Gasteiger partial charge in [0, 0.05) is 12.6 Å². The molecule has 0 saturated heterocycles. The van der Waals surface area contributed by atoms with E-state index in [2.05, 4.69) is 16.4 Å². The summed E-state index contributed by atoms with van der Waals surface area (Å²) in [5.41, 5.74) is 0.675. The van der Waals surface area contributed by atoms with Gasteiger partial charge in [-0.25, -0.2) is 4.98 Å². The predicted molar refractivity (Wildman–Crippen MR) is 106 cm³/mol. The molecule has 0 bridgehead atoms. The highest BCUT2D eigenvalue weighted by Gasteiger charge is 2.22. The zero-order valence-corrected chi connectivity index (χ0v) is 17.2. The summed E-state index contributed by atoms with van der Waals surface area (Å²) in [6.45, 7) is 8.08. The van der Waals surface area contributed by atoms with Crippen LogP contribution in [0.1, 0.15) is 38.7 Å². The molecule has 0 fully saturated rings. The van der Waals surface area contributed by atoms with Crippen LogP contribution in [0.5, 0.6) is 0 Å². The van der Waals surface area contributed by atoms with Crippen molar-refractivity contribution in [1.82, 2.24) is 20.1 Å². The molecule has 7 heteroatoms. The SMILES string of the molecule is C[C@H](c1nc2ccccc2s1)N(C)CC(=O)N(C)CC(=O)NC(C)(C)C. The van der Waals surface area contributed by atoms with E-state index in [0.717, 1.165) is 15.2 Å². The van der Waals surface area contributed by atoms with Crippen LogP contribution in [0.3, 0.4) is 0 Å². The summed E-state index contributed by atoms with van der Waals surface area (Å²) in [6, 6.07) is 8.04. The van der Waals surface area contributed by atoms with Crippen molar-refractivity contribution in [3.05, 3.63) is 29.3 Å². The van der Waals surface area contributed by atoms with Gasteiger partial charge in [-0.3, -0.25) is 14.5 Å². The van der Waals surface area contributed by atoms with Crippen LogP contribution in [0.2, 0.25) is 0 Å². The standard InChI is InChI=1S/C19H28N4O2S/c1-13(18-20-14-9-7-8-10-15(14)26-18)22(5)12-17(25)23(6)11-16(24)21-19(2,3)4/h7-10,13H,11-12H2,1-6H3,(H,21,24)/t13-/m1/s1. The van der Waals surface area contributed by atoms with E-state index in [1.54, 1.807) is 18.4 Å². The van der Waals surface area contributed by atoms with Crippen LogP contribution in [0.15, 0.2) is 24.3 Å². The summed E-state index contributed by atoms with van der Waals surface area (Å²) >= 11 is 1.64. The first-order chi connectivity index (χ1) is 12.1. The lowest BCUT2D eigenvalue weighted by molar-refractivity contribution is -0.136. The molecule has 2 amide bonds. The first kappa shape index (κ1) is 20.3. The van der Waals surface area contributed by atoms with E-state index in [0.29, 0.717) is 0 Å². The molecule has 142 valence electrons. The highest BCUT2D eigenvalue weighted by molar-refractivity contribution is 7.18. The maximum atomic E-state index is 12.4. The van der Waals surface area contributed by atoms with Crippen LogP contribution < -0.4 is 5.32 Å². The third-order valence-corrected chi connectivity index (χ3v) is 5.24. The lowest BCUT2D eigenvalue weighted by Gasteiger charge is -2.26. The normalized spacial score (nSPS) is 13.0. The number of carbonyl (C=O) groups excluding carboxylic acids is 2. The monoisotopic (exact) mass is 376 g/mol. The van der Waals surface area contributed by atoms with Gasteiger partial charge in [0.25, 0.3) is 0 Å². The average molecular weight is 377 g/mol. The van der Waals surface area contributed by atoms with Crippen LogP contribution >= 0.6 is 11.3 Å². The molecule has 1 aromatic carbocycles. The van der Waals surface area contributed by atoms with E-state index in [4.69, 9.17) is 0 Å². The minimum Gasteiger partial charge on any atom is -0.350 e. The van der Waals surface area contributed by atoms with Crippen molar-refractivity contribution in [2.45, 2.75) is 39.3 Å². The van der Waals surface area contributed by atoms with E-state index >= 15 is 0 Å². The van der Waals surface area contributed by atoms with Crippen molar-refractivity contribution in [3.8, 4) is 0 Å². The first-order valence-electron chi connectivity index (χ1n) is 8.67. The summed E-state index contributed by atoms with van der Waals surface area (Å²) in [7, 11) is 3.55. The van der Waals surface area contributed by atoms with E-state index in [1.165, 1.54) is 4.90 Å². The number of benzene rings is 1. The second-order valence-electron chi connectivity index (χ2n) is 7.66. The summed E-state index contributed by atoms with van der Waals surface area (Å²) in [5, 5.41) is 3.85. The Morgan fingerprint density at radius 1 is 1.19 bits per heavy atom. The number of rotatable bonds is 6. The molecule has 1 N–H and O–H groups in total. The largest absolute Gasteiger partial charge is 0.350 e. The van der Waals surface area contributed by atoms with Gasteiger partial charge in [-0.15, -0.1) is 11.3 Å². The van der Waals surface area contributed by atoms with Crippen LogP contribution in [0.4, 0.5) is 0 Å². The Kier molecular flexibility index (Phi) is 6.36. The predicted octanol–water partition coefficient (Wildman–Crippen LogP) is 2.66. The summed E-state index contributed by atoms with van der Waals surface area (Å²) < 4.78 is 1.14. The molecule has 0 spiro atoms. The molecule has 6 nitrogen and oxygen atoms in total. The third-order valence-electron chi connectivity index (χ3n) is 4.03. The molecular formula is C19H28N4O2S. The Morgan fingerprint density at radius 2 is 1.85 bits per heavy atom. The van der Waals surface area contributed by atoms with Crippen LogP contribution in [0.25, 0.3) is 10.2 Å². The number of carbonyl (C=O) groups is 2. The Balaban J connectivity index is 1.93. The van der Waals surface area contributed by atoms with Crippen molar-refractivity contribution in [2.75, 3.05) is 27.2 Å². The van der Waals surface area contributed by atoms with Crippen LogP contribution in [-0.4, -0.2) is 59.3 Å². The van der Waals surface area contributed by atoms with Gasteiger partial charge >= 0.3 is 0 Å². The van der Waals surface area contributed by atoms with Crippen molar-refractivity contribution in [3.63, 3.8) is 0 Å². The minimum atomic E-state index is -0.306. The number of likely N-dealkylation sites (N-methyl/N-ethyl adjacent to an activating group) is 2. The number of fused-ring (bicyclic) bond motifs is 1. The zero-order valence-electron chi connectivity index (χ0n) is 16.4. The maximum Gasteiger partial charge on any atom is 0.240 e. The summed E-state index contributed by atoms with van der Waals surface area (Å²) in [5.74, 6) is -0.250. The lowest BCUT2D eigenvalue weighted by atomic mass is 10.1. The van der Waals surface area contributed by atoms with E-state index < -0.39 is 0 Å². The number of hydrogen-bond donors (Lipinski definition) is 1. The summed E-state index contributed by atoms with van der Waals surface area (Å²) in [6.07, 6.45) is 0. The van der Waals surface area contributed by atoms with Crippen molar-refractivity contribution in [2.24, 2.45) is 0 Å². The van der Waals surface area contributed by atoms with Crippen molar-refractivity contribution in [1.29, 1.82) is 0 Å². The molecule has 26 heavy (non-hydrogen) atoms. The van der Waals surface area contributed by atoms with E-state index in [-0.39, 0.29) is 36.5 Å². The Morgan fingerprint density at radius 3 is 2.46 bits per heavy atom. The number of hydrogen-bond acceptors (Lipinski definition) is 5. The number of aromatic nitrogens is 1. The van der Waals surface area contributed by atoms with Crippen molar-refractivity contribution >= 4 is 33.4 Å². The molecule has 0 radical (unpaired) electrons. The number of amides is 2. The Bertz CT molecular complexity index is 748. The Labute approximate surface area is 159 Å². The van der Waals surface area contributed by atoms with Gasteiger partial charge in [-0.1, -0.05) is 12.1 Å². The number of thiazole rings is 1. The quantitative estimate of drug-likeness (QED) is 0.842. The zero-order chi connectivity index (χ0) is 19.5. The fourth-order valence-corrected chi connectivity index (χ4v) is 3.57. The second-order valence-corrected chi connectivity index (χ2v) is 8.72. The van der Waals surface area contributed by atoms with Crippen LogP contribution in [0, 0.1) is 0 Å². The fourth-order valence-electron chi connectivity index (χ4n) is 2.49. The van der Waals surface area contributed by atoms with Gasteiger partial charge in [-0.2, -0.15) is 0 Å². The lowest BCUT2D eigenvalue weighted by Crippen LogP contribution is -2.47. The number of para-hydroxylation sites is 1. The van der Waals surface area contributed by atoms with E-state index in [9.17, 15) is 9.59 Å². The molecule has 0 aliphatic carbocycles. The molecule has 0 aliphatic rings. The number of nitrogens with one attached hydrogen (secondary N) is 1. The minimum absolute atomic E-state index is 0.0214. The van der Waals surface area contributed by atoms with Gasteiger partial charge in [0.2, 0.25) is 11.8 Å². The average Bonchev–Trinajstić information content (AvgIpc) is 2.95. The summed E-state index contributed by atoms with van der Waals surface area (Å²) in [4.78, 5) is 32.5. The van der Waals surface area contributed by atoms with Gasteiger partial charge in [-0.05, 0) is 46.9 Å². The van der Waals surface area contributed by atoms with Gasteiger partial charge < -0.3 is 10.2 Å². The molecule has 2 aromatic rings. The highest BCUT2D eigenvalue weighted by atomic mass is 32.1. The molecule has 0 aliphatic heterocycles. The molecule has 1 atom stereocenters. The number of nitrogens with zero attached hydrogens (tertiary/aromatic N) is 3. The van der Waals surface area contributed by atoms with Crippen LogP contribution in [-0.2, 0) is 9.59 Å². The van der Waals surface area contributed by atoms with E-state index in [1.807, 2.05) is 57.8 Å². The van der Waals surface area contributed by atoms with Gasteiger partial charge in [0.1, 0.15) is 5.01 Å². The molecular weight excluding hydrogens is 348 g/mol. The third kappa shape index (κ3) is 5.51. The highest BCUT2D eigenvalue weighted by Crippen LogP contribution is 2.28. The molecule has 0 saturated carbocycles. The second kappa shape index (κ2) is 8.14. The van der Waals surface area contributed by atoms with Gasteiger partial charge in [0.05, 0.1) is 29.3 Å². The smallest absolute Gasteiger partial charge is 0.240 e. The van der Waals surface area contributed by atoms with Crippen molar-refractivity contribution < 1.29 is 9.59 Å². The molecule has 1 aromatic heterocycles. The Hall–Kier alpha value is -1.99. The van der Waals surface area contributed by atoms with Gasteiger partial charge in [0.15, 0.2) is 0 Å². The molecule has 2 rings (SSSR count). The maximum absolute atomic E-state index is 12.4. The molecule has 0 unspecified atom stereocenters. The first-order valence-corrected chi connectivity index (χ1v) is 9.49.